The minimum atomic E-state index is -0.575. The van der Waals surface area contributed by atoms with Crippen LogP contribution in [-0.2, 0) is 6.54 Å². The van der Waals surface area contributed by atoms with E-state index in [0.717, 1.165) is 5.76 Å². The van der Waals surface area contributed by atoms with Gasteiger partial charge in [0.2, 0.25) is 0 Å². The van der Waals surface area contributed by atoms with Crippen LogP contribution in [-0.4, -0.2) is 0 Å². The van der Waals surface area contributed by atoms with Crippen LogP contribution in [0.2, 0.25) is 0 Å². The number of benzene rings is 1. The van der Waals surface area contributed by atoms with Crippen molar-refractivity contribution in [2.45, 2.75) is 19.5 Å². The largest absolute Gasteiger partial charge is 0.468 e. The van der Waals surface area contributed by atoms with Gasteiger partial charge in [-0.15, -0.1) is 0 Å². The predicted molar refractivity (Wildman–Crippen MR) is 68.0 cm³/mol. The van der Waals surface area contributed by atoms with E-state index >= 15 is 0 Å². The quantitative estimate of drug-likeness (QED) is 0.857. The van der Waals surface area contributed by atoms with E-state index in [9.17, 15) is 8.78 Å². The van der Waals surface area contributed by atoms with Gasteiger partial charge in [0.05, 0.1) is 16.8 Å². The number of hydrogen-bond acceptors (Lipinski definition) is 2. The maximum atomic E-state index is 13.7. The van der Waals surface area contributed by atoms with E-state index in [0.29, 0.717) is 0 Å². The van der Waals surface area contributed by atoms with Crippen LogP contribution in [0.4, 0.5) is 8.78 Å². The van der Waals surface area contributed by atoms with Gasteiger partial charge in [-0.05, 0) is 47.1 Å². The molecule has 1 N–H and O–H groups in total. The summed E-state index contributed by atoms with van der Waals surface area (Å²) in [4.78, 5) is 0. The van der Waals surface area contributed by atoms with Crippen LogP contribution < -0.4 is 5.32 Å². The van der Waals surface area contributed by atoms with Crippen LogP contribution in [0.5, 0.6) is 0 Å². The lowest BCUT2D eigenvalue weighted by atomic mass is 10.1. The van der Waals surface area contributed by atoms with E-state index in [1.807, 2.05) is 13.0 Å². The molecule has 0 spiro atoms. The maximum Gasteiger partial charge on any atom is 0.144 e. The van der Waals surface area contributed by atoms with Crippen molar-refractivity contribution < 1.29 is 13.2 Å². The van der Waals surface area contributed by atoms with Crippen molar-refractivity contribution in [3.8, 4) is 0 Å². The molecule has 0 saturated carbocycles. The fraction of sp³-hybridized carbons (Fsp3) is 0.231. The molecule has 0 unspecified atom stereocenters. The van der Waals surface area contributed by atoms with Crippen molar-refractivity contribution in [2.75, 3.05) is 0 Å². The number of hydrogen-bond donors (Lipinski definition) is 1. The Labute approximate surface area is 112 Å². The van der Waals surface area contributed by atoms with Crippen molar-refractivity contribution in [1.29, 1.82) is 0 Å². The molecule has 0 bridgehead atoms. The Morgan fingerprint density at radius 1 is 1.33 bits per heavy atom. The number of rotatable bonds is 4. The summed E-state index contributed by atoms with van der Waals surface area (Å²) in [5.41, 5.74) is 0.0165. The van der Waals surface area contributed by atoms with Crippen LogP contribution in [0.1, 0.15) is 24.3 Å². The fourth-order valence-corrected chi connectivity index (χ4v) is 2.00. The highest BCUT2D eigenvalue weighted by Gasteiger charge is 2.14. The SMILES string of the molecule is C[C@@H](NCc1c(F)ccc(Br)c1F)c1ccco1. The molecule has 0 amide bonds. The maximum absolute atomic E-state index is 13.7. The van der Waals surface area contributed by atoms with Crippen LogP contribution in [0.15, 0.2) is 39.4 Å². The molecule has 5 heteroatoms. The molecule has 1 heterocycles. The first-order chi connectivity index (χ1) is 8.59. The Balaban J connectivity index is 2.09. The summed E-state index contributed by atoms with van der Waals surface area (Å²) < 4.78 is 32.7. The van der Waals surface area contributed by atoms with Crippen LogP contribution in [0.25, 0.3) is 0 Å². The lowest BCUT2D eigenvalue weighted by molar-refractivity contribution is 0.422. The third-order valence-corrected chi connectivity index (χ3v) is 3.31. The second kappa shape index (κ2) is 5.63. The summed E-state index contributed by atoms with van der Waals surface area (Å²) in [5.74, 6) is -0.408. The Morgan fingerprint density at radius 3 is 2.78 bits per heavy atom. The Morgan fingerprint density at radius 2 is 2.11 bits per heavy atom. The van der Waals surface area contributed by atoms with Crippen molar-refractivity contribution in [3.63, 3.8) is 0 Å². The number of nitrogens with one attached hydrogen (secondary N) is 1. The molecule has 1 atom stereocenters. The summed E-state index contributed by atoms with van der Waals surface area (Å²) in [6.45, 7) is 1.96. The van der Waals surface area contributed by atoms with Gasteiger partial charge in [0.25, 0.3) is 0 Å². The van der Waals surface area contributed by atoms with Crippen molar-refractivity contribution in [1.82, 2.24) is 5.32 Å². The molecule has 0 fully saturated rings. The predicted octanol–water partition coefficient (Wildman–Crippen LogP) is 4.17. The number of furan rings is 1. The van der Waals surface area contributed by atoms with Gasteiger partial charge in [0.1, 0.15) is 17.4 Å². The molecule has 0 saturated heterocycles. The Bertz CT molecular complexity index is 528. The Hall–Kier alpha value is -1.20. The highest BCUT2D eigenvalue weighted by molar-refractivity contribution is 9.10. The number of halogens is 3. The van der Waals surface area contributed by atoms with E-state index in [-0.39, 0.29) is 22.6 Å². The zero-order valence-electron chi connectivity index (χ0n) is 9.71. The Kier molecular flexibility index (Phi) is 4.14. The third kappa shape index (κ3) is 2.79. The van der Waals surface area contributed by atoms with Gasteiger partial charge in [-0.3, -0.25) is 0 Å². The minimum Gasteiger partial charge on any atom is -0.468 e. The molecule has 0 radical (unpaired) electrons. The summed E-state index contributed by atoms with van der Waals surface area (Å²) in [5, 5.41) is 3.02. The zero-order chi connectivity index (χ0) is 13.1. The lowest BCUT2D eigenvalue weighted by Gasteiger charge is -2.12. The molecule has 0 aliphatic carbocycles. The minimum absolute atomic E-state index is 0.0165. The lowest BCUT2D eigenvalue weighted by Crippen LogP contribution is -2.19. The first kappa shape index (κ1) is 13.2. The molecule has 2 rings (SSSR count). The molecule has 2 aromatic rings. The second-order valence-electron chi connectivity index (χ2n) is 3.94. The smallest absolute Gasteiger partial charge is 0.144 e. The second-order valence-corrected chi connectivity index (χ2v) is 4.79. The molecular weight excluding hydrogens is 304 g/mol. The van der Waals surface area contributed by atoms with Gasteiger partial charge >= 0.3 is 0 Å². The van der Waals surface area contributed by atoms with Crippen molar-refractivity contribution in [2.24, 2.45) is 0 Å². The van der Waals surface area contributed by atoms with E-state index in [1.54, 1.807) is 12.3 Å². The zero-order valence-corrected chi connectivity index (χ0v) is 11.3. The average Bonchev–Trinajstić information content (AvgIpc) is 2.87. The molecule has 1 aromatic heterocycles. The van der Waals surface area contributed by atoms with E-state index in [2.05, 4.69) is 21.2 Å². The molecule has 0 aliphatic heterocycles. The summed E-state index contributed by atoms with van der Waals surface area (Å²) >= 11 is 3.04. The molecule has 2 nitrogen and oxygen atoms in total. The van der Waals surface area contributed by atoms with E-state index < -0.39 is 11.6 Å². The van der Waals surface area contributed by atoms with E-state index in [1.165, 1.54) is 12.1 Å². The van der Waals surface area contributed by atoms with Gasteiger partial charge in [-0.2, -0.15) is 0 Å². The molecule has 96 valence electrons. The van der Waals surface area contributed by atoms with Crippen molar-refractivity contribution >= 4 is 15.9 Å². The average molecular weight is 316 g/mol. The monoisotopic (exact) mass is 315 g/mol. The van der Waals surface area contributed by atoms with Crippen LogP contribution in [0, 0.1) is 11.6 Å². The van der Waals surface area contributed by atoms with Crippen LogP contribution >= 0.6 is 15.9 Å². The molecule has 18 heavy (non-hydrogen) atoms. The van der Waals surface area contributed by atoms with Crippen molar-refractivity contribution in [3.05, 3.63) is 58.0 Å². The van der Waals surface area contributed by atoms with Gasteiger partial charge in [0, 0.05) is 12.1 Å². The normalized spacial score (nSPS) is 12.7. The summed E-state index contributed by atoms with van der Waals surface area (Å²) in [7, 11) is 0. The van der Waals surface area contributed by atoms with Gasteiger partial charge in [-0.25, -0.2) is 8.78 Å². The van der Waals surface area contributed by atoms with Gasteiger partial charge in [-0.1, -0.05) is 0 Å². The summed E-state index contributed by atoms with van der Waals surface area (Å²) in [6, 6.07) is 6.06. The third-order valence-electron chi connectivity index (χ3n) is 2.69. The topological polar surface area (TPSA) is 25.2 Å². The summed E-state index contributed by atoms with van der Waals surface area (Å²) in [6.07, 6.45) is 1.56. The van der Waals surface area contributed by atoms with Crippen LogP contribution in [0.3, 0.4) is 0 Å². The fourth-order valence-electron chi connectivity index (χ4n) is 1.62. The van der Waals surface area contributed by atoms with Gasteiger partial charge < -0.3 is 9.73 Å². The highest BCUT2D eigenvalue weighted by atomic mass is 79.9. The van der Waals surface area contributed by atoms with Gasteiger partial charge in [0.15, 0.2) is 0 Å². The first-order valence-electron chi connectivity index (χ1n) is 5.48. The van der Waals surface area contributed by atoms with E-state index in [4.69, 9.17) is 4.42 Å². The standard InChI is InChI=1S/C13H12BrF2NO/c1-8(12-3-2-6-18-12)17-7-9-11(15)5-4-10(14)13(9)16/h2-6,8,17H,7H2,1H3/t8-/m1/s1. The molecule has 1 aromatic carbocycles. The molecular formula is C13H12BrF2NO. The molecule has 0 aliphatic rings. The highest BCUT2D eigenvalue weighted by Crippen LogP contribution is 2.22. The first-order valence-corrected chi connectivity index (χ1v) is 6.28.